The molecular weight excluding hydrogens is 250 g/mol. The smallest absolute Gasteiger partial charge is 0.259 e. The van der Waals surface area contributed by atoms with Gasteiger partial charge in [0.05, 0.1) is 5.56 Å². The van der Waals surface area contributed by atoms with E-state index in [2.05, 4.69) is 17.2 Å². The zero-order valence-electron chi connectivity index (χ0n) is 11.6. The van der Waals surface area contributed by atoms with E-state index in [1.165, 1.54) is 24.6 Å². The van der Waals surface area contributed by atoms with E-state index in [1.54, 1.807) is 12.3 Å². The average Bonchev–Trinajstić information content (AvgIpc) is 2.47. The first-order chi connectivity index (χ1) is 9.70. The van der Waals surface area contributed by atoms with Crippen molar-refractivity contribution in [3.63, 3.8) is 0 Å². The number of nitrogens with one attached hydrogen (secondary N) is 1. The van der Waals surface area contributed by atoms with Crippen LogP contribution in [0.4, 0.5) is 11.4 Å². The van der Waals surface area contributed by atoms with Crippen LogP contribution in [0.2, 0.25) is 0 Å². The number of aromatic nitrogens is 1. The van der Waals surface area contributed by atoms with Crippen molar-refractivity contribution in [3.05, 3.63) is 53.9 Å². The predicted molar refractivity (Wildman–Crippen MR) is 81.7 cm³/mol. The molecule has 1 aromatic carbocycles. The maximum Gasteiger partial charge on any atom is 0.259 e. The number of nitrogens with two attached hydrogens (primary N) is 1. The van der Waals surface area contributed by atoms with Gasteiger partial charge in [-0.1, -0.05) is 25.5 Å². The van der Waals surface area contributed by atoms with Crippen LogP contribution >= 0.6 is 0 Å². The molecular formula is C16H19N3O. The van der Waals surface area contributed by atoms with Gasteiger partial charge in [-0.25, -0.2) is 0 Å². The van der Waals surface area contributed by atoms with Crippen LogP contribution in [-0.2, 0) is 6.42 Å². The van der Waals surface area contributed by atoms with Gasteiger partial charge in [0.25, 0.3) is 5.91 Å². The fourth-order valence-electron chi connectivity index (χ4n) is 1.93. The molecule has 104 valence electrons. The first-order valence-electron chi connectivity index (χ1n) is 6.80. The van der Waals surface area contributed by atoms with Gasteiger partial charge in [-0.15, -0.1) is 0 Å². The van der Waals surface area contributed by atoms with Crippen molar-refractivity contribution in [2.45, 2.75) is 26.2 Å². The second kappa shape index (κ2) is 6.70. The molecule has 4 nitrogen and oxygen atoms in total. The Morgan fingerprint density at radius 3 is 2.65 bits per heavy atom. The van der Waals surface area contributed by atoms with E-state index in [1.807, 2.05) is 24.3 Å². The van der Waals surface area contributed by atoms with Crippen molar-refractivity contribution in [1.82, 2.24) is 4.98 Å². The Morgan fingerprint density at radius 1 is 1.25 bits per heavy atom. The molecule has 1 amide bonds. The monoisotopic (exact) mass is 269 g/mol. The molecule has 4 heteroatoms. The highest BCUT2D eigenvalue weighted by Crippen LogP contribution is 2.15. The third-order valence-corrected chi connectivity index (χ3v) is 3.13. The zero-order chi connectivity index (χ0) is 14.4. The molecule has 0 saturated heterocycles. The number of amides is 1. The lowest BCUT2D eigenvalue weighted by Gasteiger charge is -2.08. The van der Waals surface area contributed by atoms with Crippen LogP contribution in [0.3, 0.4) is 0 Å². The number of benzene rings is 1. The highest BCUT2D eigenvalue weighted by atomic mass is 16.1. The number of carbonyl (C=O) groups is 1. The van der Waals surface area contributed by atoms with Crippen molar-refractivity contribution >= 4 is 17.3 Å². The highest BCUT2D eigenvalue weighted by Gasteiger charge is 2.09. The number of unbranched alkanes of at least 4 members (excludes halogenated alkanes) is 1. The fraction of sp³-hybridized carbons (Fsp3) is 0.250. The molecule has 0 aliphatic carbocycles. The summed E-state index contributed by atoms with van der Waals surface area (Å²) < 4.78 is 0. The standard InChI is InChI=1S/C16H19N3O/c1-2-3-4-12-5-7-13(8-6-12)19-16(20)14-11-18-10-9-15(14)17/h5-11H,2-4H2,1H3,(H2,17,18)(H,19,20). The number of rotatable bonds is 5. The van der Waals surface area contributed by atoms with E-state index in [4.69, 9.17) is 5.73 Å². The Labute approximate surface area is 119 Å². The van der Waals surface area contributed by atoms with Crippen LogP contribution in [-0.4, -0.2) is 10.9 Å². The number of nitrogens with zero attached hydrogens (tertiary/aromatic N) is 1. The summed E-state index contributed by atoms with van der Waals surface area (Å²) in [5.74, 6) is -0.239. The quantitative estimate of drug-likeness (QED) is 0.875. The van der Waals surface area contributed by atoms with E-state index in [9.17, 15) is 4.79 Å². The number of anilines is 2. The molecule has 0 fully saturated rings. The third-order valence-electron chi connectivity index (χ3n) is 3.13. The van der Waals surface area contributed by atoms with Gasteiger partial charge in [0, 0.05) is 23.8 Å². The SMILES string of the molecule is CCCCc1ccc(NC(=O)c2cnccc2N)cc1. The summed E-state index contributed by atoms with van der Waals surface area (Å²) in [6.45, 7) is 2.17. The van der Waals surface area contributed by atoms with E-state index in [0.29, 0.717) is 11.3 Å². The summed E-state index contributed by atoms with van der Waals surface area (Å²) in [7, 11) is 0. The molecule has 0 saturated carbocycles. The normalized spacial score (nSPS) is 10.2. The maximum atomic E-state index is 12.1. The highest BCUT2D eigenvalue weighted by molar-refractivity contribution is 6.07. The lowest BCUT2D eigenvalue weighted by molar-refractivity contribution is 0.102. The average molecular weight is 269 g/mol. The van der Waals surface area contributed by atoms with Crippen LogP contribution in [0.25, 0.3) is 0 Å². The van der Waals surface area contributed by atoms with Gasteiger partial charge >= 0.3 is 0 Å². The Kier molecular flexibility index (Phi) is 4.71. The lowest BCUT2D eigenvalue weighted by atomic mass is 10.1. The number of carbonyl (C=O) groups excluding carboxylic acids is 1. The second-order valence-corrected chi connectivity index (χ2v) is 4.72. The number of hydrogen-bond donors (Lipinski definition) is 2. The molecule has 0 unspecified atom stereocenters. The van der Waals surface area contributed by atoms with E-state index >= 15 is 0 Å². The summed E-state index contributed by atoms with van der Waals surface area (Å²) >= 11 is 0. The molecule has 2 aromatic rings. The Balaban J connectivity index is 2.03. The zero-order valence-corrected chi connectivity index (χ0v) is 11.6. The van der Waals surface area contributed by atoms with Gasteiger partial charge in [-0.3, -0.25) is 9.78 Å². The number of aryl methyl sites for hydroxylation is 1. The topological polar surface area (TPSA) is 68.0 Å². The molecule has 0 bridgehead atoms. The second-order valence-electron chi connectivity index (χ2n) is 4.72. The van der Waals surface area contributed by atoms with Crippen LogP contribution in [0.5, 0.6) is 0 Å². The van der Waals surface area contributed by atoms with E-state index < -0.39 is 0 Å². The number of nitrogen functional groups attached to an aromatic ring is 1. The van der Waals surface area contributed by atoms with Gasteiger partial charge in [0.1, 0.15) is 0 Å². The minimum Gasteiger partial charge on any atom is -0.398 e. The molecule has 0 aliphatic rings. The first-order valence-corrected chi connectivity index (χ1v) is 6.80. The van der Waals surface area contributed by atoms with Gasteiger partial charge in [0.2, 0.25) is 0 Å². The molecule has 0 radical (unpaired) electrons. The predicted octanol–water partition coefficient (Wildman–Crippen LogP) is 3.26. The van der Waals surface area contributed by atoms with Gasteiger partial charge in [-0.2, -0.15) is 0 Å². The van der Waals surface area contributed by atoms with E-state index in [-0.39, 0.29) is 5.91 Å². The summed E-state index contributed by atoms with van der Waals surface area (Å²) in [5, 5.41) is 2.82. The Bertz CT molecular complexity index is 579. The Hall–Kier alpha value is -2.36. The van der Waals surface area contributed by atoms with Crippen molar-refractivity contribution in [2.24, 2.45) is 0 Å². The molecule has 0 spiro atoms. The van der Waals surface area contributed by atoms with Gasteiger partial charge in [-0.05, 0) is 36.6 Å². The molecule has 2 rings (SSSR count). The van der Waals surface area contributed by atoms with E-state index in [0.717, 1.165) is 12.1 Å². The fourth-order valence-corrected chi connectivity index (χ4v) is 1.93. The summed E-state index contributed by atoms with van der Waals surface area (Å²) in [4.78, 5) is 16.0. The minimum absolute atomic E-state index is 0.239. The summed E-state index contributed by atoms with van der Waals surface area (Å²) in [5.41, 5.74) is 8.62. The minimum atomic E-state index is -0.239. The lowest BCUT2D eigenvalue weighted by Crippen LogP contribution is -2.14. The maximum absolute atomic E-state index is 12.1. The Morgan fingerprint density at radius 2 is 2.00 bits per heavy atom. The number of hydrogen-bond acceptors (Lipinski definition) is 3. The van der Waals surface area contributed by atoms with Crippen LogP contribution in [0.15, 0.2) is 42.7 Å². The molecule has 1 aromatic heterocycles. The van der Waals surface area contributed by atoms with Crippen molar-refractivity contribution in [1.29, 1.82) is 0 Å². The van der Waals surface area contributed by atoms with Crippen LogP contribution in [0.1, 0.15) is 35.7 Å². The largest absolute Gasteiger partial charge is 0.398 e. The summed E-state index contributed by atoms with van der Waals surface area (Å²) in [6, 6.07) is 9.52. The molecule has 0 aliphatic heterocycles. The molecule has 1 heterocycles. The van der Waals surface area contributed by atoms with Gasteiger partial charge < -0.3 is 11.1 Å². The molecule has 20 heavy (non-hydrogen) atoms. The van der Waals surface area contributed by atoms with Gasteiger partial charge in [0.15, 0.2) is 0 Å². The van der Waals surface area contributed by atoms with Crippen molar-refractivity contribution in [3.8, 4) is 0 Å². The van der Waals surface area contributed by atoms with Crippen molar-refractivity contribution < 1.29 is 4.79 Å². The van der Waals surface area contributed by atoms with Crippen LogP contribution < -0.4 is 11.1 Å². The summed E-state index contributed by atoms with van der Waals surface area (Å²) in [6.07, 6.45) is 6.46. The molecule has 3 N–H and O–H groups in total. The number of pyridine rings is 1. The van der Waals surface area contributed by atoms with Crippen molar-refractivity contribution in [2.75, 3.05) is 11.1 Å². The van der Waals surface area contributed by atoms with Crippen LogP contribution in [0, 0.1) is 0 Å². The third kappa shape index (κ3) is 3.57. The molecule has 0 atom stereocenters. The first kappa shape index (κ1) is 14.1.